The normalized spacial score (nSPS) is 16.0. The number of fused-ring (bicyclic) bond motifs is 1. The number of nitrogens with zero attached hydrogens (tertiary/aromatic N) is 2. The van der Waals surface area contributed by atoms with Gasteiger partial charge in [-0.15, -0.1) is 0 Å². The van der Waals surface area contributed by atoms with Crippen LogP contribution in [-0.2, 0) is 22.7 Å². The molecule has 1 amide bonds. The fourth-order valence-corrected chi connectivity index (χ4v) is 3.60. The molecular formula is C22H23N3O2. The molecule has 138 valence electrons. The largest absolute Gasteiger partial charge is 0.376 e. The SMILES string of the molecule is Cc1c2c(nn1Cc1ccccc1)NC(=O)C[C@@H]2COCc1ccccc1. The lowest BCUT2D eigenvalue weighted by molar-refractivity contribution is -0.117. The van der Waals surface area contributed by atoms with E-state index in [-0.39, 0.29) is 11.8 Å². The van der Waals surface area contributed by atoms with Crippen LogP contribution in [0.4, 0.5) is 5.82 Å². The van der Waals surface area contributed by atoms with Gasteiger partial charge in [-0.25, -0.2) is 0 Å². The molecule has 0 fully saturated rings. The highest BCUT2D eigenvalue weighted by atomic mass is 16.5. The smallest absolute Gasteiger partial charge is 0.226 e. The number of carbonyl (C=O) groups is 1. The molecule has 0 saturated heterocycles. The summed E-state index contributed by atoms with van der Waals surface area (Å²) in [6, 6.07) is 20.3. The molecule has 0 spiro atoms. The minimum Gasteiger partial charge on any atom is -0.376 e. The number of ether oxygens (including phenoxy) is 1. The third kappa shape index (κ3) is 3.93. The summed E-state index contributed by atoms with van der Waals surface area (Å²) in [4.78, 5) is 12.1. The van der Waals surface area contributed by atoms with Crippen LogP contribution in [0.2, 0.25) is 0 Å². The molecule has 2 heterocycles. The van der Waals surface area contributed by atoms with Gasteiger partial charge in [0.2, 0.25) is 5.91 Å². The third-order valence-electron chi connectivity index (χ3n) is 4.96. The van der Waals surface area contributed by atoms with Crippen LogP contribution in [0.3, 0.4) is 0 Å². The van der Waals surface area contributed by atoms with Gasteiger partial charge in [-0.3, -0.25) is 9.48 Å². The Kier molecular flexibility index (Phi) is 5.03. The molecule has 0 radical (unpaired) electrons. The van der Waals surface area contributed by atoms with Crippen LogP contribution in [-0.4, -0.2) is 22.3 Å². The maximum Gasteiger partial charge on any atom is 0.226 e. The first-order valence-electron chi connectivity index (χ1n) is 9.23. The van der Waals surface area contributed by atoms with Gasteiger partial charge < -0.3 is 10.1 Å². The average Bonchev–Trinajstić information content (AvgIpc) is 2.98. The second kappa shape index (κ2) is 7.76. The van der Waals surface area contributed by atoms with Gasteiger partial charge in [0, 0.05) is 23.6 Å². The highest BCUT2D eigenvalue weighted by molar-refractivity contribution is 5.93. The van der Waals surface area contributed by atoms with Crippen LogP contribution in [0.25, 0.3) is 0 Å². The average molecular weight is 361 g/mol. The maximum absolute atomic E-state index is 12.1. The molecular weight excluding hydrogens is 338 g/mol. The van der Waals surface area contributed by atoms with E-state index in [1.165, 1.54) is 5.56 Å². The zero-order valence-corrected chi connectivity index (χ0v) is 15.4. The summed E-state index contributed by atoms with van der Waals surface area (Å²) >= 11 is 0. The van der Waals surface area contributed by atoms with E-state index in [1.807, 2.05) is 53.2 Å². The van der Waals surface area contributed by atoms with Crippen molar-refractivity contribution in [2.75, 3.05) is 11.9 Å². The minimum absolute atomic E-state index is 0.000159. The number of benzene rings is 2. The van der Waals surface area contributed by atoms with E-state index in [4.69, 9.17) is 4.74 Å². The van der Waals surface area contributed by atoms with Crippen molar-refractivity contribution >= 4 is 11.7 Å². The Balaban J connectivity index is 1.51. The van der Waals surface area contributed by atoms with E-state index < -0.39 is 0 Å². The van der Waals surface area contributed by atoms with Gasteiger partial charge in [0.05, 0.1) is 19.8 Å². The van der Waals surface area contributed by atoms with Crippen molar-refractivity contribution in [3.63, 3.8) is 0 Å². The van der Waals surface area contributed by atoms with Crippen LogP contribution in [0, 0.1) is 6.92 Å². The van der Waals surface area contributed by atoms with Crippen molar-refractivity contribution in [1.29, 1.82) is 0 Å². The van der Waals surface area contributed by atoms with E-state index in [0.717, 1.165) is 16.8 Å². The number of nitrogens with one attached hydrogen (secondary N) is 1. The quantitative estimate of drug-likeness (QED) is 0.725. The topological polar surface area (TPSA) is 56.2 Å². The number of amides is 1. The Morgan fingerprint density at radius 3 is 2.44 bits per heavy atom. The number of carbonyl (C=O) groups excluding carboxylic acids is 1. The summed E-state index contributed by atoms with van der Waals surface area (Å²) in [6.45, 7) is 3.81. The number of hydrogen-bond acceptors (Lipinski definition) is 3. The molecule has 0 aliphatic carbocycles. The summed E-state index contributed by atoms with van der Waals surface area (Å²) in [7, 11) is 0. The van der Waals surface area contributed by atoms with Crippen LogP contribution in [0.15, 0.2) is 60.7 Å². The summed E-state index contributed by atoms with van der Waals surface area (Å²) in [5.41, 5.74) is 4.50. The first-order chi connectivity index (χ1) is 13.2. The zero-order valence-electron chi connectivity index (χ0n) is 15.4. The molecule has 0 bridgehead atoms. The molecule has 1 aromatic heterocycles. The lowest BCUT2D eigenvalue weighted by Crippen LogP contribution is -2.25. The fraction of sp³-hybridized carbons (Fsp3) is 0.273. The highest BCUT2D eigenvalue weighted by Gasteiger charge is 2.30. The predicted molar refractivity (Wildman–Crippen MR) is 105 cm³/mol. The van der Waals surface area contributed by atoms with Gasteiger partial charge in [-0.2, -0.15) is 5.10 Å². The van der Waals surface area contributed by atoms with Crippen LogP contribution in [0.5, 0.6) is 0 Å². The predicted octanol–water partition coefficient (Wildman–Crippen LogP) is 3.88. The maximum atomic E-state index is 12.1. The Labute approximate surface area is 159 Å². The molecule has 0 unspecified atom stereocenters. The number of rotatable bonds is 6. The number of anilines is 1. The van der Waals surface area contributed by atoms with Crippen LogP contribution < -0.4 is 5.32 Å². The molecule has 4 rings (SSSR count). The van der Waals surface area contributed by atoms with Gasteiger partial charge >= 0.3 is 0 Å². The van der Waals surface area contributed by atoms with E-state index >= 15 is 0 Å². The summed E-state index contributed by atoms with van der Waals surface area (Å²) in [6.07, 6.45) is 0.430. The molecule has 27 heavy (non-hydrogen) atoms. The van der Waals surface area contributed by atoms with Gasteiger partial charge in [0.15, 0.2) is 5.82 Å². The molecule has 5 nitrogen and oxygen atoms in total. The monoisotopic (exact) mass is 361 g/mol. The van der Waals surface area contributed by atoms with Crippen molar-refractivity contribution in [3.8, 4) is 0 Å². The lowest BCUT2D eigenvalue weighted by Gasteiger charge is -2.22. The first kappa shape index (κ1) is 17.5. The minimum atomic E-state index is 0.000159. The molecule has 5 heteroatoms. The number of aromatic nitrogens is 2. The number of hydrogen-bond donors (Lipinski definition) is 1. The van der Waals surface area contributed by atoms with Gasteiger partial charge in [0.25, 0.3) is 0 Å². The molecule has 1 atom stereocenters. The van der Waals surface area contributed by atoms with Gasteiger partial charge in [-0.1, -0.05) is 60.7 Å². The fourth-order valence-electron chi connectivity index (χ4n) is 3.60. The van der Waals surface area contributed by atoms with E-state index in [0.29, 0.717) is 32.0 Å². The van der Waals surface area contributed by atoms with Crippen molar-refractivity contribution in [2.45, 2.75) is 32.4 Å². The summed E-state index contributed by atoms with van der Waals surface area (Å²) in [5.74, 6) is 0.704. The van der Waals surface area contributed by atoms with Gasteiger partial charge in [0.1, 0.15) is 0 Å². The summed E-state index contributed by atoms with van der Waals surface area (Å²) in [5, 5.41) is 7.56. The first-order valence-corrected chi connectivity index (χ1v) is 9.23. The molecule has 2 aromatic carbocycles. The highest BCUT2D eigenvalue weighted by Crippen LogP contribution is 2.34. The zero-order chi connectivity index (χ0) is 18.6. The second-order valence-corrected chi connectivity index (χ2v) is 6.94. The second-order valence-electron chi connectivity index (χ2n) is 6.94. The van der Waals surface area contributed by atoms with Crippen LogP contribution in [0.1, 0.15) is 34.7 Å². The standard InChI is InChI=1S/C22H23N3O2/c1-16-21-19(15-27-14-18-10-6-3-7-11-18)12-20(26)23-22(21)24-25(16)13-17-8-4-2-5-9-17/h2-11,19H,12-15H2,1H3,(H,23,24,26)/t19-/m1/s1. The van der Waals surface area contributed by atoms with Gasteiger partial charge in [-0.05, 0) is 18.1 Å². The Morgan fingerprint density at radius 2 is 1.74 bits per heavy atom. The van der Waals surface area contributed by atoms with E-state index in [9.17, 15) is 4.79 Å². The van der Waals surface area contributed by atoms with Crippen molar-refractivity contribution in [3.05, 3.63) is 83.0 Å². The van der Waals surface area contributed by atoms with Crippen molar-refractivity contribution in [1.82, 2.24) is 9.78 Å². The van der Waals surface area contributed by atoms with Crippen LogP contribution >= 0.6 is 0 Å². The molecule has 1 N–H and O–H groups in total. The molecule has 3 aromatic rings. The Bertz CT molecular complexity index is 919. The summed E-state index contributed by atoms with van der Waals surface area (Å²) < 4.78 is 7.90. The van der Waals surface area contributed by atoms with Crippen molar-refractivity contribution in [2.24, 2.45) is 0 Å². The Morgan fingerprint density at radius 1 is 1.07 bits per heavy atom. The third-order valence-corrected chi connectivity index (χ3v) is 4.96. The molecule has 1 aliphatic rings. The molecule has 1 aliphatic heterocycles. The van der Waals surface area contributed by atoms with E-state index in [2.05, 4.69) is 29.5 Å². The van der Waals surface area contributed by atoms with Crippen molar-refractivity contribution < 1.29 is 9.53 Å². The lowest BCUT2D eigenvalue weighted by atomic mass is 9.93. The molecule has 0 saturated carbocycles. The van der Waals surface area contributed by atoms with E-state index in [1.54, 1.807) is 0 Å². The Hall–Kier alpha value is -2.92.